The van der Waals surface area contributed by atoms with E-state index in [2.05, 4.69) is 5.32 Å². The van der Waals surface area contributed by atoms with Gasteiger partial charge in [0, 0.05) is 5.02 Å². The largest absolute Gasteiger partial charge is 0.461 e. The minimum absolute atomic E-state index is 0.0869. The third-order valence-corrected chi connectivity index (χ3v) is 3.71. The van der Waals surface area contributed by atoms with Crippen LogP contribution in [0.15, 0.2) is 48.5 Å². The van der Waals surface area contributed by atoms with Gasteiger partial charge in [-0.15, -0.1) is 0 Å². The molecule has 6 nitrogen and oxygen atoms in total. The molecular formula is C18H15Cl2NO5. The fraction of sp³-hybridized carbons (Fsp3) is 0.167. The Labute approximate surface area is 160 Å². The molecule has 2 aromatic carbocycles. The molecule has 0 atom stereocenters. The van der Waals surface area contributed by atoms with Crippen molar-refractivity contribution in [3.8, 4) is 0 Å². The molecule has 1 N–H and O–H groups in total. The fourth-order valence-corrected chi connectivity index (χ4v) is 2.41. The number of amides is 1. The zero-order valence-corrected chi connectivity index (χ0v) is 15.0. The zero-order chi connectivity index (χ0) is 18.9. The standard InChI is InChI=1S/C18H15Cl2NO5/c19-13-6-7-14(15(20)10-13)17(23)21-11-16(22)25-8-9-26-18(24)12-4-2-1-3-5-12/h1-7,10H,8-9,11H2,(H,21,23). The number of hydrogen-bond acceptors (Lipinski definition) is 5. The van der Waals surface area contributed by atoms with Gasteiger partial charge in [-0.2, -0.15) is 0 Å². The van der Waals surface area contributed by atoms with E-state index < -0.39 is 17.8 Å². The molecule has 8 heteroatoms. The Bertz CT molecular complexity index is 795. The highest BCUT2D eigenvalue weighted by molar-refractivity contribution is 6.36. The van der Waals surface area contributed by atoms with E-state index in [1.54, 1.807) is 30.3 Å². The van der Waals surface area contributed by atoms with Gasteiger partial charge in [0.25, 0.3) is 5.91 Å². The van der Waals surface area contributed by atoms with Gasteiger partial charge in [0.15, 0.2) is 0 Å². The maximum absolute atomic E-state index is 11.9. The Hall–Kier alpha value is -2.57. The Balaban J connectivity index is 1.67. The molecule has 0 aliphatic heterocycles. The monoisotopic (exact) mass is 395 g/mol. The van der Waals surface area contributed by atoms with Gasteiger partial charge >= 0.3 is 11.9 Å². The van der Waals surface area contributed by atoms with E-state index in [-0.39, 0.29) is 30.3 Å². The average molecular weight is 396 g/mol. The summed E-state index contributed by atoms with van der Waals surface area (Å²) < 4.78 is 9.85. The van der Waals surface area contributed by atoms with Crippen molar-refractivity contribution in [3.05, 3.63) is 69.7 Å². The molecule has 2 aromatic rings. The van der Waals surface area contributed by atoms with Crippen LogP contribution in [0.25, 0.3) is 0 Å². The quantitative estimate of drug-likeness (QED) is 0.575. The summed E-state index contributed by atoms with van der Waals surface area (Å²) in [5, 5.41) is 2.96. The Morgan fingerprint density at radius 2 is 1.62 bits per heavy atom. The molecule has 136 valence electrons. The predicted molar refractivity (Wildman–Crippen MR) is 96.5 cm³/mol. The lowest BCUT2D eigenvalue weighted by atomic mass is 10.2. The summed E-state index contributed by atoms with van der Waals surface area (Å²) in [6, 6.07) is 12.8. The van der Waals surface area contributed by atoms with Gasteiger partial charge in [-0.05, 0) is 30.3 Å². The second-order valence-electron chi connectivity index (χ2n) is 5.03. The van der Waals surface area contributed by atoms with Crippen molar-refractivity contribution in [3.63, 3.8) is 0 Å². The van der Waals surface area contributed by atoms with Crippen LogP contribution >= 0.6 is 23.2 Å². The molecule has 1 amide bonds. The lowest BCUT2D eigenvalue weighted by Gasteiger charge is -2.08. The Morgan fingerprint density at radius 1 is 0.923 bits per heavy atom. The molecule has 26 heavy (non-hydrogen) atoms. The van der Waals surface area contributed by atoms with E-state index >= 15 is 0 Å². The second kappa shape index (κ2) is 9.79. The summed E-state index contributed by atoms with van der Waals surface area (Å²) in [5.74, 6) is -1.70. The molecule has 0 saturated carbocycles. The van der Waals surface area contributed by atoms with Gasteiger partial charge in [0.1, 0.15) is 19.8 Å². The number of hydrogen-bond donors (Lipinski definition) is 1. The molecule has 2 rings (SSSR count). The Morgan fingerprint density at radius 3 is 2.31 bits per heavy atom. The van der Waals surface area contributed by atoms with Crippen molar-refractivity contribution in [1.82, 2.24) is 5.32 Å². The molecule has 0 aliphatic carbocycles. The van der Waals surface area contributed by atoms with E-state index in [4.69, 9.17) is 32.7 Å². The third kappa shape index (κ3) is 6.06. The second-order valence-corrected chi connectivity index (χ2v) is 5.87. The number of halogens is 2. The fourth-order valence-electron chi connectivity index (χ4n) is 1.92. The van der Waals surface area contributed by atoms with Gasteiger partial charge in [0.05, 0.1) is 16.1 Å². The smallest absolute Gasteiger partial charge is 0.338 e. The minimum atomic E-state index is -0.667. The molecule has 0 fully saturated rings. The van der Waals surface area contributed by atoms with Crippen molar-refractivity contribution >= 4 is 41.0 Å². The van der Waals surface area contributed by atoms with Crippen molar-refractivity contribution in [2.45, 2.75) is 0 Å². The summed E-state index contributed by atoms with van der Waals surface area (Å²) in [4.78, 5) is 35.2. The topological polar surface area (TPSA) is 81.7 Å². The van der Waals surface area contributed by atoms with Crippen molar-refractivity contribution in [1.29, 1.82) is 0 Å². The maximum Gasteiger partial charge on any atom is 0.338 e. The highest BCUT2D eigenvalue weighted by Crippen LogP contribution is 2.20. The molecule has 0 unspecified atom stereocenters. The molecule has 0 bridgehead atoms. The SMILES string of the molecule is O=C(CNC(=O)c1ccc(Cl)cc1Cl)OCCOC(=O)c1ccccc1. The van der Waals surface area contributed by atoms with E-state index in [9.17, 15) is 14.4 Å². The number of benzene rings is 2. The number of rotatable bonds is 7. The Kier molecular flexibility index (Phi) is 7.44. The summed E-state index contributed by atoms with van der Waals surface area (Å²) in [6.45, 7) is -0.546. The molecule has 0 saturated heterocycles. The number of carbonyl (C=O) groups is 3. The van der Waals surface area contributed by atoms with Crippen molar-refractivity contribution in [2.24, 2.45) is 0 Å². The van der Waals surface area contributed by atoms with Crippen LogP contribution in [0.4, 0.5) is 0 Å². The van der Waals surface area contributed by atoms with Gasteiger partial charge in [0.2, 0.25) is 0 Å². The van der Waals surface area contributed by atoms with E-state index in [0.29, 0.717) is 10.6 Å². The number of nitrogens with one attached hydrogen (secondary N) is 1. The van der Waals surface area contributed by atoms with Crippen LogP contribution in [0.3, 0.4) is 0 Å². The molecule has 0 aromatic heterocycles. The van der Waals surface area contributed by atoms with Crippen LogP contribution < -0.4 is 5.32 Å². The first-order valence-corrected chi connectivity index (χ1v) is 8.34. The molecule has 0 spiro atoms. The van der Waals surface area contributed by atoms with Crippen LogP contribution in [-0.2, 0) is 14.3 Å². The number of ether oxygens (including phenoxy) is 2. The van der Waals surface area contributed by atoms with Crippen LogP contribution in [-0.4, -0.2) is 37.6 Å². The minimum Gasteiger partial charge on any atom is -0.461 e. The molecule has 0 heterocycles. The van der Waals surface area contributed by atoms with Crippen molar-refractivity contribution < 1.29 is 23.9 Å². The lowest BCUT2D eigenvalue weighted by molar-refractivity contribution is -0.143. The first-order chi connectivity index (χ1) is 12.5. The van der Waals surface area contributed by atoms with E-state index in [0.717, 1.165) is 0 Å². The first-order valence-electron chi connectivity index (χ1n) is 7.58. The van der Waals surface area contributed by atoms with E-state index in [1.807, 2.05) is 0 Å². The van der Waals surface area contributed by atoms with Gasteiger partial charge in [-0.1, -0.05) is 41.4 Å². The first kappa shape index (κ1) is 19.8. The lowest BCUT2D eigenvalue weighted by Crippen LogP contribution is -2.31. The summed E-state index contributed by atoms with van der Waals surface area (Å²) >= 11 is 11.7. The summed E-state index contributed by atoms with van der Waals surface area (Å²) in [5.41, 5.74) is 0.603. The summed E-state index contributed by atoms with van der Waals surface area (Å²) in [7, 11) is 0. The van der Waals surface area contributed by atoms with Gasteiger partial charge in [-0.25, -0.2) is 4.79 Å². The highest BCUT2D eigenvalue weighted by atomic mass is 35.5. The third-order valence-electron chi connectivity index (χ3n) is 3.16. The predicted octanol–water partition coefficient (Wildman–Crippen LogP) is 3.12. The highest BCUT2D eigenvalue weighted by Gasteiger charge is 2.13. The number of carbonyl (C=O) groups excluding carboxylic acids is 3. The normalized spacial score (nSPS) is 10.1. The number of esters is 2. The van der Waals surface area contributed by atoms with E-state index in [1.165, 1.54) is 18.2 Å². The van der Waals surface area contributed by atoms with Gasteiger partial charge < -0.3 is 14.8 Å². The van der Waals surface area contributed by atoms with Gasteiger partial charge in [-0.3, -0.25) is 9.59 Å². The van der Waals surface area contributed by atoms with Crippen molar-refractivity contribution in [2.75, 3.05) is 19.8 Å². The molecule has 0 radical (unpaired) electrons. The van der Waals surface area contributed by atoms with Crippen LogP contribution in [0.5, 0.6) is 0 Å². The zero-order valence-electron chi connectivity index (χ0n) is 13.5. The molecular weight excluding hydrogens is 381 g/mol. The summed E-state index contributed by atoms with van der Waals surface area (Å²) in [6.07, 6.45) is 0. The van der Waals surface area contributed by atoms with Crippen LogP contribution in [0, 0.1) is 0 Å². The van der Waals surface area contributed by atoms with Crippen LogP contribution in [0.2, 0.25) is 10.0 Å². The van der Waals surface area contributed by atoms with Crippen LogP contribution in [0.1, 0.15) is 20.7 Å². The average Bonchev–Trinajstić information content (AvgIpc) is 2.63. The molecule has 0 aliphatic rings. The maximum atomic E-state index is 11.9.